The van der Waals surface area contributed by atoms with Gasteiger partial charge in [-0.05, 0) is 46.9 Å². The summed E-state index contributed by atoms with van der Waals surface area (Å²) in [7, 11) is 0. The van der Waals surface area contributed by atoms with Crippen LogP contribution in [0.25, 0.3) is 0 Å². The molecule has 4 aromatic carbocycles. The van der Waals surface area contributed by atoms with E-state index in [1.54, 1.807) is 0 Å². The van der Waals surface area contributed by atoms with E-state index in [0.29, 0.717) is 23.2 Å². The van der Waals surface area contributed by atoms with Crippen molar-refractivity contribution in [3.63, 3.8) is 0 Å². The predicted octanol–water partition coefficient (Wildman–Crippen LogP) is 4.61. The average molecular weight is 478 g/mol. The van der Waals surface area contributed by atoms with Crippen molar-refractivity contribution in [3.05, 3.63) is 115 Å². The lowest BCUT2D eigenvalue weighted by atomic mass is 10.1. The van der Waals surface area contributed by atoms with Gasteiger partial charge in [-0.25, -0.2) is 0 Å². The van der Waals surface area contributed by atoms with E-state index >= 15 is 0 Å². The number of benzene rings is 4. The van der Waals surface area contributed by atoms with Crippen LogP contribution < -0.4 is 25.4 Å². The summed E-state index contributed by atoms with van der Waals surface area (Å²) in [6.07, 6.45) is 0.746. The highest BCUT2D eigenvalue weighted by Crippen LogP contribution is 2.46. The van der Waals surface area contributed by atoms with Crippen LogP contribution in [-0.2, 0) is 11.2 Å². The topological polar surface area (TPSA) is 59.3 Å². The average Bonchev–Trinajstić information content (AvgIpc) is 3.40. The third kappa shape index (κ3) is 4.28. The van der Waals surface area contributed by atoms with Crippen molar-refractivity contribution in [2.45, 2.75) is 12.8 Å². The van der Waals surface area contributed by atoms with E-state index in [4.69, 9.17) is 9.47 Å². The van der Waals surface area contributed by atoms with Crippen molar-refractivity contribution < 1.29 is 14.3 Å². The molecule has 0 bridgehead atoms. The number of ether oxygens (including phenoxy) is 2. The minimum Gasteiger partial charge on any atom is -0.454 e. The Labute approximate surface area is 205 Å². The second-order valence-electron chi connectivity index (χ2n) is 8.25. The van der Waals surface area contributed by atoms with Gasteiger partial charge in [-0.1, -0.05) is 97.1 Å². The van der Waals surface area contributed by atoms with Gasteiger partial charge in [0.05, 0.1) is 0 Å². The van der Waals surface area contributed by atoms with Gasteiger partial charge in [0.25, 0.3) is 0 Å². The first-order chi connectivity index (χ1) is 17.2. The molecule has 1 aliphatic heterocycles. The molecule has 0 aliphatic carbocycles. The molecule has 172 valence electrons. The van der Waals surface area contributed by atoms with Crippen molar-refractivity contribution in [2.24, 2.45) is 0 Å². The molecule has 0 spiro atoms. The lowest BCUT2D eigenvalue weighted by Crippen LogP contribution is -2.33. The van der Waals surface area contributed by atoms with Crippen LogP contribution in [0.4, 0.5) is 0 Å². The first kappa shape index (κ1) is 22.7. The summed E-state index contributed by atoms with van der Waals surface area (Å²) < 4.78 is 10.9. The van der Waals surface area contributed by atoms with Crippen molar-refractivity contribution >= 4 is 33.9 Å². The van der Waals surface area contributed by atoms with Crippen molar-refractivity contribution in [2.75, 3.05) is 6.79 Å². The first-order valence-electron chi connectivity index (χ1n) is 11.5. The Bertz CT molecular complexity index is 1340. The monoisotopic (exact) mass is 477 g/mol. The molecule has 4 nitrogen and oxygen atoms in total. The van der Waals surface area contributed by atoms with Crippen LogP contribution in [0, 0.1) is 11.3 Å². The lowest BCUT2D eigenvalue weighted by Gasteiger charge is -2.30. The molecule has 5 rings (SSSR count). The van der Waals surface area contributed by atoms with Gasteiger partial charge in [-0.2, -0.15) is 5.26 Å². The summed E-state index contributed by atoms with van der Waals surface area (Å²) in [6, 6.07) is 38.1. The third-order valence-corrected chi connectivity index (χ3v) is 10.5. The van der Waals surface area contributed by atoms with Gasteiger partial charge < -0.3 is 9.47 Å². The maximum atomic E-state index is 13.9. The molecule has 0 fully saturated rings. The molecule has 0 saturated heterocycles. The Balaban J connectivity index is 1.67. The van der Waals surface area contributed by atoms with Gasteiger partial charge in [0.2, 0.25) is 6.79 Å². The molecule has 0 saturated carbocycles. The van der Waals surface area contributed by atoms with E-state index in [0.717, 1.165) is 21.5 Å². The molecular weight excluding hydrogens is 453 g/mol. The zero-order valence-corrected chi connectivity index (χ0v) is 20.0. The molecule has 0 unspecified atom stereocenters. The highest BCUT2D eigenvalue weighted by Gasteiger charge is 2.33. The molecule has 0 aromatic heterocycles. The van der Waals surface area contributed by atoms with Gasteiger partial charge in [0, 0.05) is 6.42 Å². The number of carbonyl (C=O) groups excluding carboxylic acids is 1. The molecule has 0 atom stereocenters. The molecule has 0 N–H and O–H groups in total. The quantitative estimate of drug-likeness (QED) is 0.365. The molecule has 4 aromatic rings. The van der Waals surface area contributed by atoms with Gasteiger partial charge in [0.15, 0.2) is 17.3 Å². The number of fused-ring (bicyclic) bond motifs is 1. The van der Waals surface area contributed by atoms with Crippen LogP contribution in [0.1, 0.15) is 12.0 Å². The smallest absolute Gasteiger partial charge is 0.231 e. The SMILES string of the molecule is N#CC(C(=O)CCc1ccc2c(c1)OCO2)=P(c1ccccc1)(c1ccccc1)c1ccccc1. The van der Waals surface area contributed by atoms with E-state index in [2.05, 4.69) is 6.07 Å². The first-order valence-corrected chi connectivity index (χ1v) is 13.3. The summed E-state index contributed by atoms with van der Waals surface area (Å²) in [5, 5.41) is 13.8. The molecule has 1 heterocycles. The highest BCUT2D eigenvalue weighted by molar-refractivity contribution is 7.96. The molecule has 0 radical (unpaired) electrons. The van der Waals surface area contributed by atoms with Crippen LogP contribution in [-0.4, -0.2) is 17.9 Å². The van der Waals surface area contributed by atoms with Gasteiger partial charge in [-0.15, -0.1) is 0 Å². The molecular formula is C30H24NO3P. The fourth-order valence-corrected chi connectivity index (χ4v) is 8.75. The number of hydrogen-bond donors (Lipinski definition) is 0. The Kier molecular flexibility index (Phi) is 6.53. The Hall–Kier alpha value is -4.06. The van der Waals surface area contributed by atoms with Crippen molar-refractivity contribution in [3.8, 4) is 17.6 Å². The number of nitriles is 1. The van der Waals surface area contributed by atoms with Crippen LogP contribution >= 0.6 is 6.89 Å². The summed E-state index contributed by atoms with van der Waals surface area (Å²) in [4.78, 5) is 13.9. The molecule has 1 aliphatic rings. The molecule has 5 heteroatoms. The number of nitrogens with zero attached hydrogens (tertiary/aromatic N) is 1. The fraction of sp³-hybridized carbons (Fsp3) is 0.100. The van der Waals surface area contributed by atoms with E-state index in [1.165, 1.54) is 0 Å². The van der Waals surface area contributed by atoms with Gasteiger partial charge in [-0.3, -0.25) is 4.79 Å². The maximum Gasteiger partial charge on any atom is 0.231 e. The minimum absolute atomic E-state index is 0.130. The fourth-order valence-electron chi connectivity index (χ4n) is 4.59. The Morgan fingerprint density at radius 3 is 1.77 bits per heavy atom. The van der Waals surface area contributed by atoms with E-state index < -0.39 is 6.89 Å². The number of carbonyl (C=O) groups is 1. The van der Waals surface area contributed by atoms with Gasteiger partial charge >= 0.3 is 0 Å². The zero-order valence-electron chi connectivity index (χ0n) is 19.1. The number of aryl methyl sites for hydroxylation is 1. The maximum absolute atomic E-state index is 13.9. The van der Waals surface area contributed by atoms with E-state index in [1.807, 2.05) is 109 Å². The number of rotatable bonds is 7. The summed E-state index contributed by atoms with van der Waals surface area (Å²) in [6.45, 7) is -2.48. The summed E-state index contributed by atoms with van der Waals surface area (Å²) in [5.41, 5.74) is 0.975. The van der Waals surface area contributed by atoms with Crippen molar-refractivity contribution in [1.82, 2.24) is 0 Å². The van der Waals surface area contributed by atoms with E-state index in [9.17, 15) is 10.1 Å². The summed E-state index contributed by atoms with van der Waals surface area (Å²) >= 11 is 0. The standard InChI is InChI=1S/C30H24NO3P/c31-21-30(27(32)18-16-23-17-19-28-29(20-23)34-22-33-28)35(24-10-4-1-5-11-24,25-12-6-2-7-13-25)26-14-8-3-9-15-26/h1-15,17,19-20H,16,18,22H2. The normalized spacial score (nSPS) is 12.1. The van der Waals surface area contributed by atoms with E-state index in [-0.39, 0.29) is 19.0 Å². The lowest BCUT2D eigenvalue weighted by molar-refractivity contribution is -0.112. The second-order valence-corrected chi connectivity index (χ2v) is 11.6. The summed E-state index contributed by atoms with van der Waals surface area (Å²) in [5.74, 6) is 1.28. The largest absolute Gasteiger partial charge is 0.454 e. The molecule has 0 amide bonds. The third-order valence-electron chi connectivity index (χ3n) is 6.21. The van der Waals surface area contributed by atoms with Crippen LogP contribution in [0.2, 0.25) is 0 Å². The van der Waals surface area contributed by atoms with Crippen LogP contribution in [0.15, 0.2) is 109 Å². The van der Waals surface area contributed by atoms with Crippen LogP contribution in [0.3, 0.4) is 0 Å². The Morgan fingerprint density at radius 1 is 0.743 bits per heavy atom. The van der Waals surface area contributed by atoms with Crippen molar-refractivity contribution in [1.29, 1.82) is 5.26 Å². The number of Topliss-reactive ketones (excluding diaryl/α,β-unsaturated/α-hetero) is 1. The minimum atomic E-state index is -2.69. The van der Waals surface area contributed by atoms with Gasteiger partial charge in [0.1, 0.15) is 11.4 Å². The molecule has 35 heavy (non-hydrogen) atoms. The Morgan fingerprint density at radius 2 is 1.26 bits per heavy atom. The number of ketones is 1. The second kappa shape index (κ2) is 10.1. The van der Waals surface area contributed by atoms with Crippen LogP contribution in [0.5, 0.6) is 11.5 Å². The predicted molar refractivity (Wildman–Crippen MR) is 142 cm³/mol. The number of hydrogen-bond acceptors (Lipinski definition) is 4. The highest BCUT2D eigenvalue weighted by atomic mass is 31.2. The zero-order chi connectivity index (χ0) is 24.1.